The molecule has 0 spiro atoms. The van der Waals surface area contributed by atoms with Gasteiger partial charge in [0.05, 0.1) is 6.54 Å². The lowest BCUT2D eigenvalue weighted by Crippen LogP contribution is -2.27. The largest absolute Gasteiger partial charge is 0.461 e. The number of likely N-dealkylation sites (N-methyl/N-ethyl adjacent to an activating group) is 1. The van der Waals surface area contributed by atoms with Crippen molar-refractivity contribution in [2.75, 3.05) is 20.6 Å². The Morgan fingerprint density at radius 3 is 1.20 bits per heavy atom. The predicted octanol–water partition coefficient (Wildman–Crippen LogP) is 12.9. The molecule has 0 aliphatic heterocycles. The molecule has 0 rings (SSSR count). The molecule has 3 heteroatoms. The summed E-state index contributed by atoms with van der Waals surface area (Å²) in [6, 6.07) is 0. The number of carbonyl (C=O) groups excluding carboxylic acids is 1. The van der Waals surface area contributed by atoms with E-state index in [1.165, 1.54) is 141 Å². The summed E-state index contributed by atoms with van der Waals surface area (Å²) in [5, 5.41) is 0. The Bertz CT molecular complexity index is 657. The van der Waals surface area contributed by atoms with E-state index in [0.29, 0.717) is 6.54 Å². The first-order chi connectivity index (χ1) is 21.6. The van der Waals surface area contributed by atoms with Crippen molar-refractivity contribution in [2.24, 2.45) is 0 Å². The molecule has 0 N–H and O–H groups in total. The van der Waals surface area contributed by atoms with E-state index < -0.39 is 0 Å². The second-order valence-electron chi connectivity index (χ2n) is 13.1. The highest BCUT2D eigenvalue weighted by Gasteiger charge is 2.14. The Morgan fingerprint density at radius 2 is 0.841 bits per heavy atom. The van der Waals surface area contributed by atoms with Gasteiger partial charge in [0.2, 0.25) is 0 Å². The van der Waals surface area contributed by atoms with Crippen LogP contribution in [0.1, 0.15) is 181 Å². The van der Waals surface area contributed by atoms with Crippen molar-refractivity contribution in [3.05, 3.63) is 48.6 Å². The highest BCUT2D eigenvalue weighted by molar-refractivity contribution is 5.71. The lowest BCUT2D eigenvalue weighted by molar-refractivity contribution is -0.150. The van der Waals surface area contributed by atoms with E-state index in [2.05, 4.69) is 62.5 Å². The molecule has 0 aromatic heterocycles. The van der Waals surface area contributed by atoms with Gasteiger partial charge in [-0.1, -0.05) is 140 Å². The molecule has 0 aliphatic rings. The summed E-state index contributed by atoms with van der Waals surface area (Å²) in [7, 11) is 3.86. The predicted molar refractivity (Wildman–Crippen MR) is 196 cm³/mol. The molecule has 0 aliphatic carbocycles. The molecule has 3 nitrogen and oxygen atoms in total. The zero-order chi connectivity index (χ0) is 32.2. The molecule has 0 radical (unpaired) electrons. The maximum absolute atomic E-state index is 12.3. The summed E-state index contributed by atoms with van der Waals surface area (Å²) >= 11 is 0. The van der Waals surface area contributed by atoms with Gasteiger partial charge in [0.25, 0.3) is 0 Å². The minimum Gasteiger partial charge on any atom is -0.461 e. The van der Waals surface area contributed by atoms with Gasteiger partial charge in [-0.25, -0.2) is 0 Å². The Morgan fingerprint density at radius 1 is 0.500 bits per heavy atom. The number of esters is 1. The first kappa shape index (κ1) is 42.4. The summed E-state index contributed by atoms with van der Waals surface area (Å²) in [6.07, 6.45) is 51.2. The van der Waals surface area contributed by atoms with Gasteiger partial charge in [-0.05, 0) is 104 Å². The Balaban J connectivity index is 3.90. The topological polar surface area (TPSA) is 29.5 Å². The third-order valence-electron chi connectivity index (χ3n) is 8.20. The molecule has 0 aromatic carbocycles. The SMILES string of the molecule is CCCCC/C=C\C/C=C\CCCCCCCCC(CCCCCCCC/C=C\C/C=C\CCCCC)OC(=O)CN(C)C. The van der Waals surface area contributed by atoms with E-state index >= 15 is 0 Å². The van der Waals surface area contributed by atoms with Crippen LogP contribution in [0.15, 0.2) is 48.6 Å². The molecule has 0 saturated carbocycles. The van der Waals surface area contributed by atoms with Gasteiger partial charge in [-0.2, -0.15) is 0 Å². The number of hydrogen-bond acceptors (Lipinski definition) is 3. The molecule has 44 heavy (non-hydrogen) atoms. The lowest BCUT2D eigenvalue weighted by Gasteiger charge is -2.19. The molecule has 0 unspecified atom stereocenters. The fourth-order valence-corrected chi connectivity index (χ4v) is 5.46. The second kappa shape index (κ2) is 35.9. The van der Waals surface area contributed by atoms with E-state index in [9.17, 15) is 4.79 Å². The van der Waals surface area contributed by atoms with E-state index in [0.717, 1.165) is 25.7 Å². The van der Waals surface area contributed by atoms with Crippen LogP contribution in [0.5, 0.6) is 0 Å². The summed E-state index contributed by atoms with van der Waals surface area (Å²) in [6.45, 7) is 4.90. The van der Waals surface area contributed by atoms with Crippen molar-refractivity contribution in [2.45, 2.75) is 187 Å². The number of unbranched alkanes of at least 4 members (excludes halogenated alkanes) is 18. The van der Waals surface area contributed by atoms with Crippen LogP contribution >= 0.6 is 0 Å². The monoisotopic (exact) mass is 614 g/mol. The number of ether oxygens (including phenoxy) is 1. The molecule has 0 saturated heterocycles. The van der Waals surface area contributed by atoms with Crippen molar-refractivity contribution in [3.63, 3.8) is 0 Å². The van der Waals surface area contributed by atoms with E-state index in [1.54, 1.807) is 0 Å². The quantitative estimate of drug-likeness (QED) is 0.0419. The van der Waals surface area contributed by atoms with Crippen molar-refractivity contribution in [1.82, 2.24) is 4.90 Å². The fourth-order valence-electron chi connectivity index (χ4n) is 5.46. The van der Waals surface area contributed by atoms with Gasteiger partial charge in [0.1, 0.15) is 6.10 Å². The molecule has 0 fully saturated rings. The van der Waals surface area contributed by atoms with Crippen LogP contribution in [-0.4, -0.2) is 37.6 Å². The highest BCUT2D eigenvalue weighted by atomic mass is 16.5. The maximum Gasteiger partial charge on any atom is 0.320 e. The molecule has 0 amide bonds. The van der Waals surface area contributed by atoms with E-state index in [4.69, 9.17) is 4.74 Å². The van der Waals surface area contributed by atoms with Crippen LogP contribution in [0.25, 0.3) is 0 Å². The van der Waals surface area contributed by atoms with Crippen LogP contribution in [0.3, 0.4) is 0 Å². The summed E-state index contributed by atoms with van der Waals surface area (Å²) in [4.78, 5) is 14.2. The first-order valence-electron chi connectivity index (χ1n) is 19.0. The smallest absolute Gasteiger partial charge is 0.320 e. The van der Waals surface area contributed by atoms with Gasteiger partial charge in [0.15, 0.2) is 0 Å². The number of rotatable bonds is 33. The Labute approximate surface area is 276 Å². The fraction of sp³-hybridized carbons (Fsp3) is 0.780. The highest BCUT2D eigenvalue weighted by Crippen LogP contribution is 2.18. The van der Waals surface area contributed by atoms with Crippen molar-refractivity contribution < 1.29 is 9.53 Å². The van der Waals surface area contributed by atoms with Crippen LogP contribution in [0.4, 0.5) is 0 Å². The summed E-state index contributed by atoms with van der Waals surface area (Å²) in [5.41, 5.74) is 0. The minimum absolute atomic E-state index is 0.0694. The maximum atomic E-state index is 12.3. The summed E-state index contributed by atoms with van der Waals surface area (Å²) in [5.74, 6) is -0.0694. The van der Waals surface area contributed by atoms with E-state index in [-0.39, 0.29) is 12.1 Å². The van der Waals surface area contributed by atoms with Crippen LogP contribution in [0, 0.1) is 0 Å². The van der Waals surface area contributed by atoms with Gasteiger partial charge < -0.3 is 4.74 Å². The standard InChI is InChI=1S/C41H75NO2/c1-5-7-9-11-13-15-17-19-21-23-25-27-29-31-33-35-37-40(44-41(43)39-42(3)4)38-36-34-32-30-28-26-24-22-20-18-16-14-12-10-8-6-2/h13-16,19-22,40H,5-12,17-18,23-39H2,1-4H3/b15-13-,16-14-,21-19-,22-20-. The van der Waals surface area contributed by atoms with E-state index in [1.807, 2.05) is 19.0 Å². The lowest BCUT2D eigenvalue weighted by atomic mass is 10.0. The molecule has 0 aromatic rings. The third-order valence-corrected chi connectivity index (χ3v) is 8.20. The van der Waals surface area contributed by atoms with Crippen molar-refractivity contribution in [1.29, 1.82) is 0 Å². The number of carbonyl (C=O) groups is 1. The normalized spacial score (nSPS) is 12.4. The van der Waals surface area contributed by atoms with Crippen LogP contribution in [0.2, 0.25) is 0 Å². The molecule has 0 heterocycles. The molecule has 256 valence electrons. The zero-order valence-electron chi connectivity index (χ0n) is 30.1. The number of nitrogens with zero attached hydrogens (tertiary/aromatic N) is 1. The van der Waals surface area contributed by atoms with Gasteiger partial charge >= 0.3 is 5.97 Å². The zero-order valence-corrected chi connectivity index (χ0v) is 30.1. The van der Waals surface area contributed by atoms with Gasteiger partial charge in [0, 0.05) is 0 Å². The third kappa shape index (κ3) is 34.9. The summed E-state index contributed by atoms with van der Waals surface area (Å²) < 4.78 is 5.90. The molecule has 0 atom stereocenters. The average molecular weight is 614 g/mol. The van der Waals surface area contributed by atoms with Gasteiger partial charge in [-0.15, -0.1) is 0 Å². The minimum atomic E-state index is -0.0694. The molecule has 0 bridgehead atoms. The first-order valence-corrected chi connectivity index (χ1v) is 19.0. The Kier molecular flexibility index (Phi) is 34.6. The van der Waals surface area contributed by atoms with Crippen LogP contribution in [-0.2, 0) is 9.53 Å². The number of allylic oxidation sites excluding steroid dienone is 8. The van der Waals surface area contributed by atoms with Crippen LogP contribution < -0.4 is 0 Å². The number of hydrogen-bond donors (Lipinski definition) is 0. The van der Waals surface area contributed by atoms with Crippen molar-refractivity contribution in [3.8, 4) is 0 Å². The van der Waals surface area contributed by atoms with Gasteiger partial charge in [-0.3, -0.25) is 9.69 Å². The molecular weight excluding hydrogens is 538 g/mol. The Hall–Kier alpha value is -1.61. The second-order valence-corrected chi connectivity index (χ2v) is 13.1. The van der Waals surface area contributed by atoms with Crippen molar-refractivity contribution >= 4 is 5.97 Å². The molecular formula is C41H75NO2. The average Bonchev–Trinajstić information content (AvgIpc) is 3.00.